The first-order valence-corrected chi connectivity index (χ1v) is 8.60. The number of hydrogen-bond acceptors (Lipinski definition) is 4. The highest BCUT2D eigenvalue weighted by molar-refractivity contribution is 7.53. The molecule has 0 aliphatic carbocycles. The molecular formula is C9H17NO8P2. The van der Waals surface area contributed by atoms with Gasteiger partial charge in [-0.15, -0.1) is 13.2 Å². The van der Waals surface area contributed by atoms with Crippen LogP contribution in [0.15, 0.2) is 25.3 Å². The molecule has 0 aliphatic rings. The van der Waals surface area contributed by atoms with Crippen LogP contribution in [0.3, 0.4) is 0 Å². The second-order valence-corrected chi connectivity index (χ2v) is 7.35. The third kappa shape index (κ3) is 4.64. The smallest absolute Gasteiger partial charge is 0.346 e. The van der Waals surface area contributed by atoms with Gasteiger partial charge in [0.1, 0.15) is 17.6 Å². The van der Waals surface area contributed by atoms with Gasteiger partial charge < -0.3 is 24.7 Å². The van der Waals surface area contributed by atoms with Crippen LogP contribution in [0.25, 0.3) is 0 Å². The lowest BCUT2D eigenvalue weighted by molar-refractivity contribution is -0.142. The van der Waals surface area contributed by atoms with E-state index in [1.807, 2.05) is 0 Å². The van der Waals surface area contributed by atoms with E-state index in [2.05, 4.69) is 13.2 Å². The normalized spacial score (nSPS) is 17.3. The Morgan fingerprint density at radius 1 is 1.05 bits per heavy atom. The lowest BCUT2D eigenvalue weighted by Crippen LogP contribution is -2.50. The van der Waals surface area contributed by atoms with E-state index in [9.17, 15) is 33.5 Å². The molecule has 3 unspecified atom stereocenters. The van der Waals surface area contributed by atoms with Crippen LogP contribution >= 0.6 is 15.2 Å². The van der Waals surface area contributed by atoms with Crippen LogP contribution in [0.5, 0.6) is 0 Å². The molecule has 0 spiro atoms. The Kier molecular flexibility index (Phi) is 6.51. The molecule has 116 valence electrons. The fourth-order valence-electron chi connectivity index (χ4n) is 1.61. The van der Waals surface area contributed by atoms with Gasteiger partial charge in [0.25, 0.3) is 0 Å². The Labute approximate surface area is 115 Å². The summed E-state index contributed by atoms with van der Waals surface area (Å²) < 4.78 is 22.8. The van der Waals surface area contributed by atoms with Crippen LogP contribution in [0.4, 0.5) is 0 Å². The predicted octanol–water partition coefficient (Wildman–Crippen LogP) is 0.141. The second-order valence-electron chi connectivity index (χ2n) is 3.94. The number of carbonyl (C=O) groups is 1. The van der Waals surface area contributed by atoms with E-state index in [1.54, 1.807) is 0 Å². The molecular weight excluding hydrogens is 312 g/mol. The van der Waals surface area contributed by atoms with Gasteiger partial charge in [0.15, 0.2) is 0 Å². The van der Waals surface area contributed by atoms with Gasteiger partial charge in [0.2, 0.25) is 0 Å². The lowest BCUT2D eigenvalue weighted by atomic mass is 10.2. The Hall–Kier alpha value is -0.790. The molecule has 0 amide bonds. The monoisotopic (exact) mass is 329 g/mol. The highest BCUT2D eigenvalue weighted by Gasteiger charge is 2.45. The summed E-state index contributed by atoms with van der Waals surface area (Å²) in [7, 11) is -9.82. The Bertz CT molecular complexity index is 446. The Balaban J connectivity index is 6.02. The quantitative estimate of drug-likeness (QED) is 0.309. The molecule has 0 saturated heterocycles. The summed E-state index contributed by atoms with van der Waals surface area (Å²) in [5.41, 5.74) is 0. The van der Waals surface area contributed by atoms with Crippen molar-refractivity contribution in [3.63, 3.8) is 0 Å². The van der Waals surface area contributed by atoms with Crippen LogP contribution in [-0.4, -0.2) is 53.2 Å². The van der Waals surface area contributed by atoms with E-state index >= 15 is 0 Å². The molecule has 0 aliphatic heterocycles. The maximum absolute atomic E-state index is 11.4. The van der Waals surface area contributed by atoms with E-state index in [-0.39, 0.29) is 0 Å². The zero-order valence-electron chi connectivity index (χ0n) is 10.6. The third-order valence-corrected chi connectivity index (χ3v) is 4.86. The van der Waals surface area contributed by atoms with Gasteiger partial charge in [0.05, 0.1) is 0 Å². The van der Waals surface area contributed by atoms with Gasteiger partial charge in [-0.25, -0.2) is 0 Å². The summed E-state index contributed by atoms with van der Waals surface area (Å²) in [5, 5.41) is 8.96. The minimum atomic E-state index is -4.91. The number of carboxylic acids is 1. The largest absolute Gasteiger partial charge is 0.480 e. The van der Waals surface area contributed by atoms with Crippen molar-refractivity contribution in [2.45, 2.75) is 24.5 Å². The fraction of sp³-hybridized carbons (Fsp3) is 0.444. The predicted molar refractivity (Wildman–Crippen MR) is 71.0 cm³/mol. The van der Waals surface area contributed by atoms with Crippen molar-refractivity contribution >= 4 is 21.2 Å². The Morgan fingerprint density at radius 3 is 1.50 bits per heavy atom. The molecule has 0 heterocycles. The van der Waals surface area contributed by atoms with Crippen molar-refractivity contribution in [3.05, 3.63) is 25.3 Å². The van der Waals surface area contributed by atoms with Crippen LogP contribution in [0.1, 0.15) is 6.92 Å². The third-order valence-electron chi connectivity index (χ3n) is 2.53. The standard InChI is InChI=1S/C9H17NO8P2/c1-4-7(19(13,14)15)10(6(3)9(11)12)8(5-2)20(16,17)18/h4-8H,1-2H2,3H3,(H,11,12)(H2,13,14,15)(H2,16,17,18). The zero-order valence-corrected chi connectivity index (χ0v) is 12.4. The maximum Gasteiger partial charge on any atom is 0.346 e. The highest BCUT2D eigenvalue weighted by atomic mass is 31.2. The second kappa shape index (κ2) is 6.78. The molecule has 0 aromatic carbocycles. The van der Waals surface area contributed by atoms with E-state index in [0.29, 0.717) is 4.90 Å². The summed E-state index contributed by atoms with van der Waals surface area (Å²) in [6.45, 7) is 7.39. The number of rotatable bonds is 8. The topological polar surface area (TPSA) is 156 Å². The van der Waals surface area contributed by atoms with Crippen molar-refractivity contribution in [1.29, 1.82) is 0 Å². The van der Waals surface area contributed by atoms with Crippen LogP contribution in [0.2, 0.25) is 0 Å². The average Bonchev–Trinajstić information content (AvgIpc) is 2.24. The van der Waals surface area contributed by atoms with Crippen LogP contribution in [0, 0.1) is 0 Å². The van der Waals surface area contributed by atoms with Crippen molar-refractivity contribution in [3.8, 4) is 0 Å². The first-order chi connectivity index (χ1) is 8.87. The zero-order chi connectivity index (χ0) is 16.3. The van der Waals surface area contributed by atoms with Crippen LogP contribution in [-0.2, 0) is 13.9 Å². The first kappa shape index (κ1) is 19.2. The van der Waals surface area contributed by atoms with Crippen LogP contribution < -0.4 is 0 Å². The van der Waals surface area contributed by atoms with Gasteiger partial charge in [-0.1, -0.05) is 12.2 Å². The summed E-state index contributed by atoms with van der Waals surface area (Å²) in [6, 6.07) is -1.58. The van der Waals surface area contributed by atoms with E-state index in [4.69, 9.17) is 5.11 Å². The van der Waals surface area contributed by atoms with E-state index in [0.717, 1.165) is 19.1 Å². The molecule has 0 rings (SSSR count). The molecule has 0 bridgehead atoms. The van der Waals surface area contributed by atoms with Gasteiger partial charge in [-0.2, -0.15) is 0 Å². The van der Waals surface area contributed by atoms with Gasteiger partial charge in [-0.3, -0.25) is 18.8 Å². The van der Waals surface area contributed by atoms with E-state index < -0.39 is 38.8 Å². The van der Waals surface area contributed by atoms with E-state index in [1.165, 1.54) is 0 Å². The lowest BCUT2D eigenvalue weighted by Gasteiger charge is -2.37. The first-order valence-electron chi connectivity index (χ1n) is 5.23. The number of aliphatic carboxylic acids is 1. The molecule has 0 aromatic rings. The maximum atomic E-state index is 11.4. The van der Waals surface area contributed by atoms with Gasteiger partial charge >= 0.3 is 21.2 Å². The Morgan fingerprint density at radius 2 is 1.35 bits per heavy atom. The SMILES string of the molecule is C=CC(N(C(C)C(=O)O)C(C=C)P(=O)(O)O)P(=O)(O)O. The summed E-state index contributed by atoms with van der Waals surface area (Å²) in [4.78, 5) is 48.3. The average molecular weight is 329 g/mol. The molecule has 9 nitrogen and oxygen atoms in total. The van der Waals surface area contributed by atoms with Gasteiger partial charge in [-0.05, 0) is 6.92 Å². The number of carboxylic acid groups (broad SMARTS) is 1. The van der Waals surface area contributed by atoms with Gasteiger partial charge in [0, 0.05) is 0 Å². The molecule has 0 fully saturated rings. The fourth-order valence-corrected chi connectivity index (χ4v) is 3.64. The molecule has 0 saturated carbocycles. The van der Waals surface area contributed by atoms with Crippen molar-refractivity contribution < 1.29 is 38.6 Å². The summed E-state index contributed by atoms with van der Waals surface area (Å²) in [6.07, 6.45) is 1.48. The minimum absolute atomic E-state index is 0.490. The summed E-state index contributed by atoms with van der Waals surface area (Å²) in [5.74, 6) is -5.25. The molecule has 20 heavy (non-hydrogen) atoms. The number of nitrogens with zero attached hydrogens (tertiary/aromatic N) is 1. The molecule has 0 aromatic heterocycles. The molecule has 11 heteroatoms. The highest BCUT2D eigenvalue weighted by Crippen LogP contribution is 2.51. The van der Waals surface area contributed by atoms with Crippen molar-refractivity contribution in [2.24, 2.45) is 0 Å². The molecule has 3 atom stereocenters. The molecule has 5 N–H and O–H groups in total. The number of hydrogen-bond donors (Lipinski definition) is 5. The molecule has 0 radical (unpaired) electrons. The summed E-state index contributed by atoms with van der Waals surface area (Å²) >= 11 is 0. The van der Waals surface area contributed by atoms with Crippen molar-refractivity contribution in [2.75, 3.05) is 0 Å². The minimum Gasteiger partial charge on any atom is -0.480 e. The van der Waals surface area contributed by atoms with Crippen molar-refractivity contribution in [1.82, 2.24) is 4.90 Å².